The number of nitrogens with two attached hydrogens (primary N) is 1. The Hall–Kier alpha value is -1.35. The van der Waals surface area contributed by atoms with Gasteiger partial charge in [-0.3, -0.25) is 4.79 Å². The first-order valence-corrected chi connectivity index (χ1v) is 6.59. The summed E-state index contributed by atoms with van der Waals surface area (Å²) in [5.74, 6) is 0.442. The molecule has 0 radical (unpaired) electrons. The molecule has 1 aromatic carbocycles. The van der Waals surface area contributed by atoms with E-state index < -0.39 is 6.04 Å². The van der Waals surface area contributed by atoms with Crippen LogP contribution in [0.5, 0.6) is 0 Å². The molecule has 0 saturated carbocycles. The Balaban J connectivity index is 2.86. The van der Waals surface area contributed by atoms with Crippen LogP contribution in [-0.4, -0.2) is 18.5 Å². The highest BCUT2D eigenvalue weighted by atomic mass is 16.2. The van der Waals surface area contributed by atoms with Gasteiger partial charge in [-0.15, -0.1) is 0 Å². The Kier molecular flexibility index (Phi) is 5.35. The van der Waals surface area contributed by atoms with E-state index in [1.807, 2.05) is 38.1 Å². The van der Waals surface area contributed by atoms with Gasteiger partial charge in [-0.05, 0) is 43.9 Å². The summed E-state index contributed by atoms with van der Waals surface area (Å²) in [6, 6.07) is 7.55. The second-order valence-electron chi connectivity index (χ2n) is 5.16. The van der Waals surface area contributed by atoms with E-state index in [4.69, 9.17) is 5.73 Å². The Labute approximate surface area is 110 Å². The average Bonchev–Trinajstić information content (AvgIpc) is 2.29. The van der Waals surface area contributed by atoms with E-state index in [9.17, 15) is 4.79 Å². The molecule has 0 aliphatic heterocycles. The van der Waals surface area contributed by atoms with Gasteiger partial charge in [0.1, 0.15) is 0 Å². The minimum Gasteiger partial charge on any atom is -0.320 e. The van der Waals surface area contributed by atoms with Crippen molar-refractivity contribution in [3.63, 3.8) is 0 Å². The van der Waals surface area contributed by atoms with Crippen molar-refractivity contribution < 1.29 is 4.79 Å². The van der Waals surface area contributed by atoms with E-state index in [-0.39, 0.29) is 5.91 Å². The molecule has 0 spiro atoms. The maximum atomic E-state index is 12.3. The first-order chi connectivity index (χ1) is 8.45. The number of carbonyl (C=O) groups is 1. The van der Waals surface area contributed by atoms with Crippen molar-refractivity contribution in [1.29, 1.82) is 0 Å². The van der Waals surface area contributed by atoms with Gasteiger partial charge in [0.15, 0.2) is 0 Å². The molecular formula is C15H24N2O. The molecule has 0 fully saturated rings. The Morgan fingerprint density at radius 3 is 2.56 bits per heavy atom. The molecule has 3 heteroatoms. The van der Waals surface area contributed by atoms with E-state index in [1.165, 1.54) is 0 Å². The largest absolute Gasteiger partial charge is 0.320 e. The highest BCUT2D eigenvalue weighted by Crippen LogP contribution is 2.17. The number of hydrogen-bond donors (Lipinski definition) is 1. The van der Waals surface area contributed by atoms with Crippen LogP contribution < -0.4 is 10.6 Å². The first-order valence-electron chi connectivity index (χ1n) is 6.59. The zero-order valence-corrected chi connectivity index (χ0v) is 11.8. The molecule has 0 aliphatic rings. The van der Waals surface area contributed by atoms with Gasteiger partial charge in [0.2, 0.25) is 5.91 Å². The van der Waals surface area contributed by atoms with Crippen LogP contribution in [0.1, 0.15) is 32.8 Å². The van der Waals surface area contributed by atoms with Crippen LogP contribution in [-0.2, 0) is 4.79 Å². The number of rotatable bonds is 5. The summed E-state index contributed by atoms with van der Waals surface area (Å²) in [5, 5.41) is 0. The Bertz CT molecular complexity index is 401. The number of carbonyl (C=O) groups excluding carboxylic acids is 1. The van der Waals surface area contributed by atoms with Crippen LogP contribution >= 0.6 is 0 Å². The normalized spacial score (nSPS) is 12.6. The van der Waals surface area contributed by atoms with Crippen LogP contribution in [0.4, 0.5) is 5.69 Å². The molecule has 1 amide bonds. The molecule has 100 valence electrons. The maximum Gasteiger partial charge on any atom is 0.243 e. The molecule has 0 saturated heterocycles. The zero-order valence-electron chi connectivity index (χ0n) is 11.8. The fraction of sp³-hybridized carbons (Fsp3) is 0.533. The molecule has 2 N–H and O–H groups in total. The third-order valence-corrected chi connectivity index (χ3v) is 2.94. The number of benzene rings is 1. The molecule has 0 heterocycles. The molecule has 1 atom stereocenters. The van der Waals surface area contributed by atoms with E-state index in [1.54, 1.807) is 4.90 Å². The van der Waals surface area contributed by atoms with Crippen LogP contribution in [0.25, 0.3) is 0 Å². The summed E-state index contributed by atoms with van der Waals surface area (Å²) in [7, 11) is 0. The SMILES string of the molecule is CCN(C(=O)[C@H](N)CC(C)C)c1cccc(C)c1. The van der Waals surface area contributed by atoms with E-state index >= 15 is 0 Å². The number of aryl methyl sites for hydroxylation is 1. The monoisotopic (exact) mass is 248 g/mol. The fourth-order valence-corrected chi connectivity index (χ4v) is 2.07. The van der Waals surface area contributed by atoms with Gasteiger partial charge >= 0.3 is 0 Å². The highest BCUT2D eigenvalue weighted by molar-refractivity contribution is 5.97. The third kappa shape index (κ3) is 3.84. The molecule has 0 bridgehead atoms. The summed E-state index contributed by atoms with van der Waals surface area (Å²) >= 11 is 0. The van der Waals surface area contributed by atoms with Crippen molar-refractivity contribution in [2.24, 2.45) is 11.7 Å². The van der Waals surface area contributed by atoms with Gasteiger partial charge in [-0.1, -0.05) is 26.0 Å². The topological polar surface area (TPSA) is 46.3 Å². The Morgan fingerprint density at radius 1 is 1.39 bits per heavy atom. The number of nitrogens with zero attached hydrogens (tertiary/aromatic N) is 1. The third-order valence-electron chi connectivity index (χ3n) is 2.94. The van der Waals surface area contributed by atoms with Gasteiger partial charge < -0.3 is 10.6 Å². The second-order valence-corrected chi connectivity index (χ2v) is 5.16. The van der Waals surface area contributed by atoms with Gasteiger partial charge in [0.05, 0.1) is 6.04 Å². The fourth-order valence-electron chi connectivity index (χ4n) is 2.07. The van der Waals surface area contributed by atoms with Gasteiger partial charge in [0, 0.05) is 12.2 Å². The zero-order chi connectivity index (χ0) is 13.7. The predicted molar refractivity (Wildman–Crippen MR) is 76.6 cm³/mol. The van der Waals surface area contributed by atoms with Gasteiger partial charge in [0.25, 0.3) is 0 Å². The van der Waals surface area contributed by atoms with E-state index in [2.05, 4.69) is 13.8 Å². The number of likely N-dealkylation sites (N-methyl/N-ethyl adjacent to an activating group) is 1. The highest BCUT2D eigenvalue weighted by Gasteiger charge is 2.21. The molecule has 18 heavy (non-hydrogen) atoms. The minimum absolute atomic E-state index is 0.0109. The maximum absolute atomic E-state index is 12.3. The molecule has 0 unspecified atom stereocenters. The van der Waals surface area contributed by atoms with Crippen LogP contribution in [0.3, 0.4) is 0 Å². The number of anilines is 1. The first kappa shape index (κ1) is 14.7. The Morgan fingerprint density at radius 2 is 2.06 bits per heavy atom. The van der Waals surface area contributed by atoms with Gasteiger partial charge in [-0.2, -0.15) is 0 Å². The van der Waals surface area contributed by atoms with Crippen LogP contribution in [0.2, 0.25) is 0 Å². The molecule has 3 nitrogen and oxygen atoms in total. The molecule has 1 aromatic rings. The van der Waals surface area contributed by atoms with Crippen molar-refractivity contribution >= 4 is 11.6 Å². The van der Waals surface area contributed by atoms with Crippen molar-refractivity contribution in [3.05, 3.63) is 29.8 Å². The lowest BCUT2D eigenvalue weighted by Gasteiger charge is -2.25. The van der Waals surface area contributed by atoms with Gasteiger partial charge in [-0.25, -0.2) is 0 Å². The van der Waals surface area contributed by atoms with E-state index in [0.29, 0.717) is 12.5 Å². The summed E-state index contributed by atoms with van der Waals surface area (Å²) in [6.07, 6.45) is 0.723. The quantitative estimate of drug-likeness (QED) is 0.871. The molecule has 1 rings (SSSR count). The van der Waals surface area contributed by atoms with E-state index in [0.717, 1.165) is 17.7 Å². The average molecular weight is 248 g/mol. The standard InChI is InChI=1S/C15H24N2O/c1-5-17(13-8-6-7-12(4)10-13)15(18)14(16)9-11(2)3/h6-8,10-11,14H,5,9,16H2,1-4H3/t14-/m1/s1. The number of hydrogen-bond acceptors (Lipinski definition) is 2. The van der Waals surface area contributed by atoms with Crippen molar-refractivity contribution in [2.45, 2.75) is 40.2 Å². The minimum atomic E-state index is -0.412. The lowest BCUT2D eigenvalue weighted by molar-refractivity contribution is -0.120. The summed E-state index contributed by atoms with van der Waals surface area (Å²) in [5.41, 5.74) is 8.06. The summed E-state index contributed by atoms with van der Waals surface area (Å²) in [4.78, 5) is 14.1. The second kappa shape index (κ2) is 6.55. The molecule has 0 aliphatic carbocycles. The van der Waals surface area contributed by atoms with Crippen LogP contribution in [0, 0.1) is 12.8 Å². The molecular weight excluding hydrogens is 224 g/mol. The lowest BCUT2D eigenvalue weighted by atomic mass is 10.0. The lowest BCUT2D eigenvalue weighted by Crippen LogP contribution is -2.44. The molecule has 0 aromatic heterocycles. The van der Waals surface area contributed by atoms with Crippen LogP contribution in [0.15, 0.2) is 24.3 Å². The van der Waals surface area contributed by atoms with Crippen molar-refractivity contribution in [3.8, 4) is 0 Å². The summed E-state index contributed by atoms with van der Waals surface area (Å²) in [6.45, 7) is 8.80. The number of amides is 1. The van der Waals surface area contributed by atoms with Crippen molar-refractivity contribution in [2.75, 3.05) is 11.4 Å². The smallest absolute Gasteiger partial charge is 0.243 e. The predicted octanol–water partition coefficient (Wildman–Crippen LogP) is 2.72. The van der Waals surface area contributed by atoms with Crippen molar-refractivity contribution in [1.82, 2.24) is 0 Å². The summed E-state index contributed by atoms with van der Waals surface area (Å²) < 4.78 is 0.